The first-order valence-corrected chi connectivity index (χ1v) is 10.3. The molecule has 2 amide bonds. The lowest BCUT2D eigenvalue weighted by molar-refractivity contribution is -0.116. The van der Waals surface area contributed by atoms with Gasteiger partial charge in [0.1, 0.15) is 11.6 Å². The summed E-state index contributed by atoms with van der Waals surface area (Å²) < 4.78 is 15.6. The molecule has 0 aliphatic rings. The van der Waals surface area contributed by atoms with Crippen LogP contribution >= 0.6 is 11.6 Å². The zero-order chi connectivity index (χ0) is 22.8. The molecule has 0 spiro atoms. The van der Waals surface area contributed by atoms with E-state index in [4.69, 9.17) is 11.6 Å². The second kappa shape index (κ2) is 8.80. The zero-order valence-electron chi connectivity index (χ0n) is 17.5. The smallest absolute Gasteiger partial charge is 0.229 e. The van der Waals surface area contributed by atoms with E-state index in [1.807, 2.05) is 42.1 Å². The Morgan fingerprint density at radius 3 is 2.75 bits per heavy atom. The van der Waals surface area contributed by atoms with E-state index in [-0.39, 0.29) is 23.3 Å². The molecule has 0 saturated carbocycles. The maximum atomic E-state index is 13.6. The van der Waals surface area contributed by atoms with E-state index in [2.05, 4.69) is 10.3 Å². The van der Waals surface area contributed by atoms with Gasteiger partial charge in [0.25, 0.3) is 0 Å². The van der Waals surface area contributed by atoms with Gasteiger partial charge < -0.3 is 9.88 Å². The predicted molar refractivity (Wildman–Crippen MR) is 124 cm³/mol. The zero-order valence-corrected chi connectivity index (χ0v) is 18.2. The number of carbonyl (C=O) groups excluding carboxylic acids is 2. The minimum Gasteiger partial charge on any atom is -0.350 e. The van der Waals surface area contributed by atoms with E-state index in [1.54, 1.807) is 18.2 Å². The van der Waals surface area contributed by atoms with E-state index in [1.165, 1.54) is 30.2 Å². The number of nitrogens with one attached hydrogen (secondary N) is 1. The summed E-state index contributed by atoms with van der Waals surface area (Å²) in [7, 11) is 1.93. The van der Waals surface area contributed by atoms with Crippen molar-refractivity contribution in [3.05, 3.63) is 83.4 Å². The second-order valence-electron chi connectivity index (χ2n) is 7.36. The highest BCUT2D eigenvalue weighted by atomic mass is 35.5. The van der Waals surface area contributed by atoms with Crippen LogP contribution in [0.5, 0.6) is 0 Å². The van der Waals surface area contributed by atoms with E-state index < -0.39 is 5.82 Å². The van der Waals surface area contributed by atoms with Crippen molar-refractivity contribution in [3.8, 4) is 0 Å². The normalized spacial score (nSPS) is 10.9. The molecule has 1 N–H and O–H groups in total. The fraction of sp³-hybridized carbons (Fsp3) is 0.125. The Kier molecular flexibility index (Phi) is 5.92. The highest BCUT2D eigenvalue weighted by molar-refractivity contribution is 6.31. The molecule has 0 aliphatic heterocycles. The van der Waals surface area contributed by atoms with Crippen LogP contribution < -0.4 is 10.2 Å². The largest absolute Gasteiger partial charge is 0.350 e. The molecule has 2 heterocycles. The number of halogens is 2. The number of carbonyl (C=O) groups is 2. The van der Waals surface area contributed by atoms with Crippen molar-refractivity contribution in [2.45, 2.75) is 13.3 Å². The average Bonchev–Trinajstić information content (AvgIpc) is 3.12. The van der Waals surface area contributed by atoms with Gasteiger partial charge in [-0.2, -0.15) is 0 Å². The molecular weight excluding hydrogens is 431 g/mol. The standard InChI is InChI=1S/C24H20ClFN4O2/c1-15(31)30(19-7-6-16-9-11-29(2)21(16)14-19)22-13-18(8-10-27-22)28-23(32)12-17-4-3-5-20(26)24(17)25/h3-11,13-14H,12H2,1-2H3,(H,27,28,32). The molecule has 32 heavy (non-hydrogen) atoms. The number of nitrogens with zero attached hydrogens (tertiary/aromatic N) is 3. The van der Waals surface area contributed by atoms with E-state index in [0.717, 1.165) is 10.9 Å². The Morgan fingerprint density at radius 1 is 1.16 bits per heavy atom. The molecule has 0 bridgehead atoms. The molecule has 0 radical (unpaired) electrons. The summed E-state index contributed by atoms with van der Waals surface area (Å²) >= 11 is 5.94. The Hall–Kier alpha value is -3.71. The lowest BCUT2D eigenvalue weighted by Gasteiger charge is -2.21. The first kappa shape index (κ1) is 21.5. The minimum absolute atomic E-state index is 0.0723. The van der Waals surface area contributed by atoms with Crippen LogP contribution in [-0.2, 0) is 23.1 Å². The molecule has 0 saturated heterocycles. The third-order valence-electron chi connectivity index (χ3n) is 5.09. The summed E-state index contributed by atoms with van der Waals surface area (Å²) in [6, 6.07) is 15.3. The van der Waals surface area contributed by atoms with Crippen molar-refractivity contribution < 1.29 is 14.0 Å². The SMILES string of the molecule is CC(=O)N(c1ccc2ccn(C)c2c1)c1cc(NC(=O)Cc2cccc(F)c2Cl)ccn1. The molecule has 162 valence electrons. The van der Waals surface area contributed by atoms with Crippen molar-refractivity contribution in [2.75, 3.05) is 10.2 Å². The van der Waals surface area contributed by atoms with Gasteiger partial charge in [-0.15, -0.1) is 0 Å². The van der Waals surface area contributed by atoms with Crippen molar-refractivity contribution in [3.63, 3.8) is 0 Å². The highest BCUT2D eigenvalue weighted by Gasteiger charge is 2.18. The fourth-order valence-corrected chi connectivity index (χ4v) is 3.74. The Morgan fingerprint density at radius 2 is 1.97 bits per heavy atom. The summed E-state index contributed by atoms with van der Waals surface area (Å²) in [5.74, 6) is -0.793. The summed E-state index contributed by atoms with van der Waals surface area (Å²) in [4.78, 5) is 30.8. The first-order chi connectivity index (χ1) is 15.3. The number of benzene rings is 2. The number of aryl methyl sites for hydroxylation is 1. The average molecular weight is 451 g/mol. The summed E-state index contributed by atoms with van der Waals surface area (Å²) in [6.07, 6.45) is 3.37. The fourth-order valence-electron chi connectivity index (χ4n) is 3.55. The second-order valence-corrected chi connectivity index (χ2v) is 7.74. The molecule has 0 unspecified atom stereocenters. The first-order valence-electron chi connectivity index (χ1n) is 9.88. The van der Waals surface area contributed by atoms with Crippen LogP contribution in [0.1, 0.15) is 12.5 Å². The highest BCUT2D eigenvalue weighted by Crippen LogP contribution is 2.29. The number of amides is 2. The van der Waals surface area contributed by atoms with Crippen LogP contribution in [0.25, 0.3) is 10.9 Å². The van der Waals surface area contributed by atoms with E-state index in [0.29, 0.717) is 22.8 Å². The Bertz CT molecular complexity index is 1330. The third kappa shape index (κ3) is 4.33. The van der Waals surface area contributed by atoms with Crippen LogP contribution in [0.15, 0.2) is 67.0 Å². The van der Waals surface area contributed by atoms with Crippen LogP contribution in [0.3, 0.4) is 0 Å². The van der Waals surface area contributed by atoms with Gasteiger partial charge in [-0.3, -0.25) is 14.5 Å². The maximum Gasteiger partial charge on any atom is 0.229 e. The molecule has 2 aromatic heterocycles. The molecule has 0 aliphatic carbocycles. The summed E-state index contributed by atoms with van der Waals surface area (Å²) in [5, 5.41) is 3.74. The molecule has 0 atom stereocenters. The molecule has 6 nitrogen and oxygen atoms in total. The molecule has 4 rings (SSSR count). The number of anilines is 3. The van der Waals surface area contributed by atoms with Crippen LogP contribution in [0.2, 0.25) is 5.02 Å². The Balaban J connectivity index is 1.59. The lowest BCUT2D eigenvalue weighted by Crippen LogP contribution is -2.24. The van der Waals surface area contributed by atoms with Crippen molar-refractivity contribution in [1.82, 2.24) is 9.55 Å². The van der Waals surface area contributed by atoms with Crippen molar-refractivity contribution >= 4 is 51.5 Å². The minimum atomic E-state index is -0.574. The van der Waals surface area contributed by atoms with Gasteiger partial charge in [-0.1, -0.05) is 29.8 Å². The summed E-state index contributed by atoms with van der Waals surface area (Å²) in [5.41, 5.74) is 2.48. The van der Waals surface area contributed by atoms with Crippen molar-refractivity contribution in [2.24, 2.45) is 7.05 Å². The maximum absolute atomic E-state index is 13.6. The van der Waals surface area contributed by atoms with Crippen molar-refractivity contribution in [1.29, 1.82) is 0 Å². The quantitative estimate of drug-likeness (QED) is 0.452. The molecule has 4 aromatic rings. The molecule has 2 aromatic carbocycles. The van der Waals surface area contributed by atoms with Gasteiger partial charge in [-0.05, 0) is 41.3 Å². The molecular formula is C24H20ClFN4O2. The van der Waals surface area contributed by atoms with Gasteiger partial charge >= 0.3 is 0 Å². The number of pyridine rings is 1. The Labute approximate surface area is 189 Å². The third-order valence-corrected chi connectivity index (χ3v) is 5.51. The number of aromatic nitrogens is 2. The lowest BCUT2D eigenvalue weighted by atomic mass is 10.1. The van der Waals surface area contributed by atoms with E-state index in [9.17, 15) is 14.0 Å². The monoisotopic (exact) mass is 450 g/mol. The van der Waals surface area contributed by atoms with Gasteiger partial charge in [0, 0.05) is 43.6 Å². The van der Waals surface area contributed by atoms with Gasteiger partial charge in [0.05, 0.1) is 17.1 Å². The van der Waals surface area contributed by atoms with Gasteiger partial charge in [0.2, 0.25) is 11.8 Å². The van der Waals surface area contributed by atoms with Crippen LogP contribution in [0, 0.1) is 5.82 Å². The number of rotatable bonds is 5. The predicted octanol–water partition coefficient (Wildman–Crippen LogP) is 5.23. The molecule has 0 fully saturated rings. The summed E-state index contributed by atoms with van der Waals surface area (Å²) in [6.45, 7) is 1.45. The van der Waals surface area contributed by atoms with Gasteiger partial charge in [-0.25, -0.2) is 9.37 Å². The van der Waals surface area contributed by atoms with Crippen LogP contribution in [-0.4, -0.2) is 21.4 Å². The van der Waals surface area contributed by atoms with Crippen LogP contribution in [0.4, 0.5) is 21.6 Å². The van der Waals surface area contributed by atoms with Gasteiger partial charge in [0.15, 0.2) is 0 Å². The number of hydrogen-bond acceptors (Lipinski definition) is 3. The van der Waals surface area contributed by atoms with E-state index >= 15 is 0 Å². The topological polar surface area (TPSA) is 67.2 Å². The number of fused-ring (bicyclic) bond motifs is 1. The number of hydrogen-bond donors (Lipinski definition) is 1. The molecule has 8 heteroatoms.